The van der Waals surface area contributed by atoms with Crippen LogP contribution >= 0.6 is 24.0 Å². The second-order valence-corrected chi connectivity index (χ2v) is 9.51. The fourth-order valence-corrected chi connectivity index (χ4v) is 4.85. The largest absolute Gasteiger partial charge is 0.507 e. The number of phenols is 2. The molecule has 1 aliphatic rings. The van der Waals surface area contributed by atoms with E-state index in [1.54, 1.807) is 12.1 Å². The minimum atomic E-state index is -1.23. The van der Waals surface area contributed by atoms with Gasteiger partial charge in [0.25, 0.3) is 5.91 Å². The summed E-state index contributed by atoms with van der Waals surface area (Å²) in [6, 6.07) is 13.4. The highest BCUT2D eigenvalue weighted by atomic mass is 32.2. The maximum atomic E-state index is 13.0. The molecule has 0 unspecified atom stereocenters. The van der Waals surface area contributed by atoms with Crippen LogP contribution in [0.4, 0.5) is 0 Å². The molecule has 1 fully saturated rings. The van der Waals surface area contributed by atoms with Gasteiger partial charge in [-0.05, 0) is 73.0 Å². The quantitative estimate of drug-likeness (QED) is 0.342. The number of thiocarbonyl (C=S) groups is 1. The van der Waals surface area contributed by atoms with Crippen LogP contribution in [0.3, 0.4) is 0 Å². The number of carboxylic acids is 1. The molecule has 1 aliphatic heterocycles. The summed E-state index contributed by atoms with van der Waals surface area (Å²) >= 11 is 6.54. The molecule has 0 spiro atoms. The molecule has 0 bridgehead atoms. The van der Waals surface area contributed by atoms with E-state index in [2.05, 4.69) is 4.98 Å². The summed E-state index contributed by atoms with van der Waals surface area (Å²) in [6.07, 6.45) is 1.67. The molecule has 0 atom stereocenters. The number of hydrogen-bond donors (Lipinski definition) is 3. The maximum absolute atomic E-state index is 13.0. The van der Waals surface area contributed by atoms with Crippen LogP contribution in [0.15, 0.2) is 53.4 Å². The number of carbonyl (C=O) groups excluding carboxylic acids is 1. The van der Waals surface area contributed by atoms with Crippen molar-refractivity contribution in [1.29, 1.82) is 0 Å². The van der Waals surface area contributed by atoms with Crippen LogP contribution in [-0.4, -0.2) is 41.4 Å². The lowest BCUT2D eigenvalue weighted by molar-refractivity contribution is -0.122. The Morgan fingerprint density at radius 2 is 1.82 bits per heavy atom. The number of phenolic OH excluding ortho intramolecular Hbond substituents is 1. The number of pyridine rings is 1. The van der Waals surface area contributed by atoms with Gasteiger partial charge in [0.05, 0.1) is 22.8 Å². The Hall–Kier alpha value is -3.69. The highest BCUT2D eigenvalue weighted by molar-refractivity contribution is 8.26. The molecule has 1 saturated heterocycles. The molecular weight excluding hydrogens is 472 g/mol. The Bertz CT molecular complexity index is 1360. The minimum absolute atomic E-state index is 0.106. The summed E-state index contributed by atoms with van der Waals surface area (Å²) in [5.41, 5.74) is 4.02. The Kier molecular flexibility index (Phi) is 6.41. The minimum Gasteiger partial charge on any atom is -0.507 e. The Morgan fingerprint density at radius 1 is 1.12 bits per heavy atom. The molecule has 1 aromatic heterocycles. The predicted octanol–water partition coefficient (Wildman–Crippen LogP) is 4.88. The van der Waals surface area contributed by atoms with E-state index in [0.29, 0.717) is 26.2 Å². The van der Waals surface area contributed by atoms with Crippen molar-refractivity contribution in [2.45, 2.75) is 20.4 Å². The number of aromatic carboxylic acids is 1. The maximum Gasteiger partial charge on any atom is 0.339 e. The molecule has 7 nitrogen and oxygen atoms in total. The Labute approximate surface area is 205 Å². The SMILES string of the molecule is Cc1cc(-c2cccc(C=C3SC(=S)N(Cc4ccc(C(=O)O)c(O)c4)C3=O)n2)cc(C)c1O. The van der Waals surface area contributed by atoms with Gasteiger partial charge in [-0.3, -0.25) is 9.69 Å². The first-order valence-corrected chi connectivity index (χ1v) is 11.4. The monoisotopic (exact) mass is 492 g/mol. The van der Waals surface area contributed by atoms with Crippen LogP contribution in [0.25, 0.3) is 17.3 Å². The second-order valence-electron chi connectivity index (χ2n) is 7.83. The molecule has 4 rings (SSSR count). The summed E-state index contributed by atoms with van der Waals surface area (Å²) in [7, 11) is 0. The van der Waals surface area contributed by atoms with E-state index in [9.17, 15) is 19.8 Å². The van der Waals surface area contributed by atoms with Gasteiger partial charge in [0.15, 0.2) is 0 Å². The van der Waals surface area contributed by atoms with Crippen molar-refractivity contribution in [1.82, 2.24) is 9.88 Å². The summed E-state index contributed by atoms with van der Waals surface area (Å²) < 4.78 is 0.360. The number of aromatic hydroxyl groups is 2. The van der Waals surface area contributed by atoms with Gasteiger partial charge >= 0.3 is 5.97 Å². The number of nitrogens with zero attached hydrogens (tertiary/aromatic N) is 2. The molecule has 34 heavy (non-hydrogen) atoms. The van der Waals surface area contributed by atoms with E-state index in [0.717, 1.165) is 28.5 Å². The van der Waals surface area contributed by atoms with Gasteiger partial charge in [0, 0.05) is 5.56 Å². The molecule has 172 valence electrons. The van der Waals surface area contributed by atoms with E-state index in [1.165, 1.54) is 23.1 Å². The summed E-state index contributed by atoms with van der Waals surface area (Å²) in [6.45, 7) is 3.76. The van der Waals surface area contributed by atoms with E-state index < -0.39 is 5.97 Å². The van der Waals surface area contributed by atoms with Gasteiger partial charge in [0.1, 0.15) is 21.4 Å². The number of aromatic nitrogens is 1. The number of carbonyl (C=O) groups is 2. The van der Waals surface area contributed by atoms with Crippen LogP contribution in [0.2, 0.25) is 0 Å². The van der Waals surface area contributed by atoms with Crippen molar-refractivity contribution < 1.29 is 24.9 Å². The molecule has 0 saturated carbocycles. The zero-order valence-electron chi connectivity index (χ0n) is 18.3. The number of benzene rings is 2. The third kappa shape index (κ3) is 4.66. The van der Waals surface area contributed by atoms with Crippen LogP contribution in [0.5, 0.6) is 11.5 Å². The van der Waals surface area contributed by atoms with Gasteiger partial charge in [-0.15, -0.1) is 0 Å². The Balaban J connectivity index is 1.57. The van der Waals surface area contributed by atoms with Gasteiger partial charge < -0.3 is 15.3 Å². The zero-order valence-corrected chi connectivity index (χ0v) is 19.9. The van der Waals surface area contributed by atoms with Crippen LogP contribution in [-0.2, 0) is 11.3 Å². The number of aryl methyl sites for hydroxylation is 2. The fraction of sp³-hybridized carbons (Fsp3) is 0.120. The van der Waals surface area contributed by atoms with Gasteiger partial charge in [-0.1, -0.05) is 36.1 Å². The van der Waals surface area contributed by atoms with Crippen LogP contribution in [0, 0.1) is 13.8 Å². The summed E-state index contributed by atoms with van der Waals surface area (Å²) in [5.74, 6) is -1.63. The van der Waals surface area contributed by atoms with E-state index in [1.807, 2.05) is 38.1 Å². The van der Waals surface area contributed by atoms with E-state index >= 15 is 0 Å². The lowest BCUT2D eigenvalue weighted by Crippen LogP contribution is -2.27. The molecule has 2 heterocycles. The Morgan fingerprint density at radius 3 is 2.47 bits per heavy atom. The first-order valence-electron chi connectivity index (χ1n) is 10.2. The molecule has 3 aromatic rings. The van der Waals surface area contributed by atoms with E-state index in [-0.39, 0.29) is 29.5 Å². The number of amides is 1. The average molecular weight is 493 g/mol. The molecule has 9 heteroatoms. The van der Waals surface area contributed by atoms with E-state index in [4.69, 9.17) is 17.3 Å². The van der Waals surface area contributed by atoms with Gasteiger partial charge in [-0.25, -0.2) is 9.78 Å². The standard InChI is InChI=1S/C25H20N2O5S2/c1-13-8-16(9-14(2)22(13)29)19-5-3-4-17(26-19)11-21-23(30)27(25(33)34-21)12-15-6-7-18(24(31)32)20(28)10-15/h3-11,28-29H,12H2,1-2H3,(H,31,32). The number of hydrogen-bond acceptors (Lipinski definition) is 7. The van der Waals surface area contributed by atoms with Gasteiger partial charge in [0.2, 0.25) is 0 Å². The van der Waals surface area contributed by atoms with Crippen molar-refractivity contribution in [2.75, 3.05) is 0 Å². The highest BCUT2D eigenvalue weighted by Crippen LogP contribution is 2.34. The first kappa shape index (κ1) is 23.5. The van der Waals surface area contributed by atoms with Crippen molar-refractivity contribution in [3.8, 4) is 22.8 Å². The van der Waals surface area contributed by atoms with Gasteiger partial charge in [-0.2, -0.15) is 0 Å². The molecule has 0 radical (unpaired) electrons. The molecular formula is C25H20N2O5S2. The van der Waals surface area contributed by atoms with Crippen molar-refractivity contribution in [3.05, 3.63) is 81.4 Å². The van der Waals surface area contributed by atoms with Crippen molar-refractivity contribution in [3.63, 3.8) is 0 Å². The van der Waals surface area contributed by atoms with Crippen molar-refractivity contribution in [2.24, 2.45) is 0 Å². The smallest absolute Gasteiger partial charge is 0.339 e. The molecule has 0 aliphatic carbocycles. The highest BCUT2D eigenvalue weighted by Gasteiger charge is 2.32. The second kappa shape index (κ2) is 9.28. The fourth-order valence-electron chi connectivity index (χ4n) is 3.61. The number of carboxylic acid groups (broad SMARTS) is 1. The number of rotatable bonds is 5. The predicted molar refractivity (Wildman–Crippen MR) is 135 cm³/mol. The lowest BCUT2D eigenvalue weighted by Gasteiger charge is -2.15. The zero-order chi connectivity index (χ0) is 24.6. The van der Waals surface area contributed by atoms with Crippen LogP contribution in [0.1, 0.15) is 32.7 Å². The normalized spacial score (nSPS) is 14.8. The summed E-state index contributed by atoms with van der Waals surface area (Å²) in [4.78, 5) is 30.6. The van der Waals surface area contributed by atoms with Crippen molar-refractivity contribution >= 4 is 46.3 Å². The first-order chi connectivity index (χ1) is 16.1. The third-order valence-corrected chi connectivity index (χ3v) is 6.72. The number of thioether (sulfide) groups is 1. The topological polar surface area (TPSA) is 111 Å². The van der Waals surface area contributed by atoms with Crippen LogP contribution < -0.4 is 0 Å². The molecule has 1 amide bonds. The summed E-state index contributed by atoms with van der Waals surface area (Å²) in [5, 5.41) is 29.0. The third-order valence-electron chi connectivity index (χ3n) is 5.34. The molecule has 3 N–H and O–H groups in total. The average Bonchev–Trinajstić information content (AvgIpc) is 3.04. The lowest BCUT2D eigenvalue weighted by atomic mass is 10.0. The molecule has 2 aromatic carbocycles.